The van der Waals surface area contributed by atoms with E-state index in [1.807, 2.05) is 24.4 Å². The Balaban J connectivity index is 1.27. The first-order chi connectivity index (χ1) is 15.4. The molecule has 2 aromatic rings. The van der Waals surface area contributed by atoms with E-state index in [0.29, 0.717) is 18.8 Å². The number of halogens is 2. The molecule has 0 amide bonds. The third-order valence-electron chi connectivity index (χ3n) is 7.39. The largest absolute Gasteiger partial charge is 0.346 e. The Kier molecular flexibility index (Phi) is 5.63. The summed E-state index contributed by atoms with van der Waals surface area (Å²) in [5.74, 6) is 5.01. The lowest BCUT2D eigenvalue weighted by Crippen LogP contribution is -2.36. The molecule has 5 nitrogen and oxygen atoms in total. The van der Waals surface area contributed by atoms with E-state index in [4.69, 9.17) is 5.84 Å². The van der Waals surface area contributed by atoms with Gasteiger partial charge in [-0.05, 0) is 79.9 Å². The molecular weight excluding hydrogens is 408 g/mol. The summed E-state index contributed by atoms with van der Waals surface area (Å²) in [6, 6.07) is 8.23. The highest BCUT2D eigenvalue weighted by Gasteiger charge is 2.32. The molecule has 1 aliphatic carbocycles. The van der Waals surface area contributed by atoms with E-state index in [-0.39, 0.29) is 12.8 Å². The molecule has 1 aromatic carbocycles. The Labute approximate surface area is 188 Å². The second kappa shape index (κ2) is 8.45. The molecule has 1 aromatic heterocycles. The lowest BCUT2D eigenvalue weighted by molar-refractivity contribution is -0.0130. The van der Waals surface area contributed by atoms with Crippen molar-refractivity contribution in [3.05, 3.63) is 58.3 Å². The third kappa shape index (κ3) is 4.11. The molecule has 32 heavy (non-hydrogen) atoms. The number of alkyl halides is 2. The zero-order chi connectivity index (χ0) is 22.3. The summed E-state index contributed by atoms with van der Waals surface area (Å²) in [5.41, 5.74) is 6.89. The van der Waals surface area contributed by atoms with Gasteiger partial charge in [-0.3, -0.25) is 9.91 Å². The number of benzene rings is 1. The molecule has 1 saturated heterocycles. The Bertz CT molecular complexity index is 1050. The molecule has 7 heteroatoms. The van der Waals surface area contributed by atoms with Crippen LogP contribution in [0.3, 0.4) is 0 Å². The van der Waals surface area contributed by atoms with Gasteiger partial charge in [0.25, 0.3) is 0 Å². The maximum absolute atomic E-state index is 14.0. The van der Waals surface area contributed by atoms with Gasteiger partial charge in [0.1, 0.15) is 12.2 Å². The average Bonchev–Trinajstić information content (AvgIpc) is 3.19. The number of likely N-dealkylation sites (tertiary alicyclic amines) is 1. The number of aromatic nitrogens is 1. The first-order valence-corrected chi connectivity index (χ1v) is 11.6. The van der Waals surface area contributed by atoms with Gasteiger partial charge in [-0.15, -0.1) is 0 Å². The van der Waals surface area contributed by atoms with E-state index < -0.39 is 5.92 Å². The number of nitrogens with zero attached hydrogens (tertiary/aromatic N) is 3. The molecule has 3 aliphatic rings. The fraction of sp³-hybridized carbons (Fsp3) is 0.480. The van der Waals surface area contributed by atoms with Gasteiger partial charge in [0.15, 0.2) is 0 Å². The van der Waals surface area contributed by atoms with Crippen molar-refractivity contribution in [1.29, 1.82) is 0 Å². The fourth-order valence-corrected chi connectivity index (χ4v) is 5.49. The van der Waals surface area contributed by atoms with Crippen molar-refractivity contribution in [2.24, 2.45) is 16.8 Å². The van der Waals surface area contributed by atoms with Crippen LogP contribution in [0.25, 0.3) is 5.70 Å². The molecular formula is C25H31F2N5. The van der Waals surface area contributed by atoms with Gasteiger partial charge >= 0.3 is 0 Å². The monoisotopic (exact) mass is 439 g/mol. The number of aryl methyl sites for hydroxylation is 1. The van der Waals surface area contributed by atoms with Crippen LogP contribution in [0.2, 0.25) is 0 Å². The summed E-state index contributed by atoms with van der Waals surface area (Å²) < 4.78 is 27.9. The number of hydrogen-bond donors (Lipinski definition) is 2. The van der Waals surface area contributed by atoms with E-state index in [2.05, 4.69) is 27.9 Å². The molecule has 1 fully saturated rings. The zero-order valence-corrected chi connectivity index (χ0v) is 18.6. The van der Waals surface area contributed by atoms with E-state index in [9.17, 15) is 8.78 Å². The minimum atomic E-state index is -2.54. The van der Waals surface area contributed by atoms with Crippen molar-refractivity contribution < 1.29 is 8.78 Å². The minimum absolute atomic E-state index is 0.0332. The number of hydrazine groups is 1. The highest BCUT2D eigenvalue weighted by molar-refractivity contribution is 5.86. The summed E-state index contributed by atoms with van der Waals surface area (Å²) in [4.78, 5) is 9.99. The second-order valence-corrected chi connectivity index (χ2v) is 9.38. The number of nitrogens with two attached hydrogens (primary N) is 1. The van der Waals surface area contributed by atoms with Crippen LogP contribution in [0.4, 0.5) is 14.6 Å². The molecule has 0 bridgehead atoms. The van der Waals surface area contributed by atoms with Crippen LogP contribution in [-0.2, 0) is 19.4 Å². The van der Waals surface area contributed by atoms with E-state index in [1.54, 1.807) is 11.3 Å². The molecule has 0 spiro atoms. The number of nitrogens with one attached hydrogen (secondary N) is 1. The van der Waals surface area contributed by atoms with Gasteiger partial charge in [-0.2, -0.15) is 0 Å². The topological polar surface area (TPSA) is 60.6 Å². The van der Waals surface area contributed by atoms with Crippen molar-refractivity contribution in [3.8, 4) is 0 Å². The van der Waals surface area contributed by atoms with E-state index in [0.717, 1.165) is 60.7 Å². The standard InChI is InChI=1S/C25H31F2N5/c1-17(23-22-7-12-29-24(22)30-16-32(23)28)18-8-13-31(14-9-18)15-20-4-2-3-19-5-10-25(26,27)11-6-21(19)20/h2-4,7,12,16,18,29H,5-6,8-11,13-15,28H2,1H3/b23-17+. The summed E-state index contributed by atoms with van der Waals surface area (Å²) in [5, 5.41) is 1.63. The highest BCUT2D eigenvalue weighted by atomic mass is 19.3. The predicted octanol–water partition coefficient (Wildman–Crippen LogP) is 5.02. The smallest absolute Gasteiger partial charge is 0.248 e. The molecule has 0 unspecified atom stereocenters. The number of H-pyrrole nitrogens is 1. The van der Waals surface area contributed by atoms with Crippen molar-refractivity contribution in [1.82, 2.24) is 14.9 Å². The summed E-state index contributed by atoms with van der Waals surface area (Å²) in [6.07, 6.45) is 6.58. The van der Waals surface area contributed by atoms with Crippen molar-refractivity contribution in [2.45, 2.75) is 57.9 Å². The van der Waals surface area contributed by atoms with Crippen molar-refractivity contribution in [3.63, 3.8) is 0 Å². The quantitative estimate of drug-likeness (QED) is 0.521. The van der Waals surface area contributed by atoms with Crippen LogP contribution in [0, 0.1) is 5.92 Å². The van der Waals surface area contributed by atoms with Crippen LogP contribution in [0.15, 0.2) is 41.0 Å². The highest BCUT2D eigenvalue weighted by Crippen LogP contribution is 2.37. The minimum Gasteiger partial charge on any atom is -0.346 e. The Morgan fingerprint density at radius 3 is 2.78 bits per heavy atom. The van der Waals surface area contributed by atoms with E-state index >= 15 is 0 Å². The number of aliphatic imine (C=N–C) groups is 1. The number of hydrogen-bond acceptors (Lipinski definition) is 4. The molecule has 3 heterocycles. The molecule has 0 atom stereocenters. The normalized spacial score (nSPS) is 22.9. The van der Waals surface area contributed by atoms with Gasteiger partial charge in [0.05, 0.1) is 5.70 Å². The maximum atomic E-state index is 14.0. The number of piperidine rings is 1. The van der Waals surface area contributed by atoms with Crippen molar-refractivity contribution in [2.75, 3.05) is 13.1 Å². The maximum Gasteiger partial charge on any atom is 0.248 e. The second-order valence-electron chi connectivity index (χ2n) is 9.38. The van der Waals surface area contributed by atoms with Crippen LogP contribution in [-0.4, -0.2) is 40.2 Å². The summed E-state index contributed by atoms with van der Waals surface area (Å²) in [7, 11) is 0. The SMILES string of the molecule is C/C(=C1/c2cc[nH]c2N=CN1N)C1CCN(Cc2cccc3c2CCC(F)(F)CC3)CC1. The van der Waals surface area contributed by atoms with E-state index in [1.165, 1.54) is 11.1 Å². The Morgan fingerprint density at radius 1 is 1.19 bits per heavy atom. The number of aromatic amines is 1. The number of rotatable bonds is 3. The Hall–Kier alpha value is -2.51. The molecule has 0 radical (unpaired) electrons. The van der Waals surface area contributed by atoms with Crippen LogP contribution in [0.1, 0.15) is 54.9 Å². The molecule has 5 rings (SSSR count). The molecule has 0 saturated carbocycles. The lowest BCUT2D eigenvalue weighted by atomic mass is 9.87. The van der Waals surface area contributed by atoms with Gasteiger partial charge in [-0.1, -0.05) is 18.2 Å². The average molecular weight is 440 g/mol. The fourth-order valence-electron chi connectivity index (χ4n) is 5.49. The van der Waals surface area contributed by atoms with Gasteiger partial charge in [-0.25, -0.2) is 19.6 Å². The lowest BCUT2D eigenvalue weighted by Gasteiger charge is -2.35. The van der Waals surface area contributed by atoms with Crippen LogP contribution in [0.5, 0.6) is 0 Å². The number of allylic oxidation sites excluding steroid dienone is 1. The molecule has 170 valence electrons. The predicted molar refractivity (Wildman–Crippen MR) is 124 cm³/mol. The third-order valence-corrected chi connectivity index (χ3v) is 7.39. The molecule has 3 N–H and O–H groups in total. The van der Waals surface area contributed by atoms with Gasteiger partial charge in [0, 0.05) is 31.1 Å². The van der Waals surface area contributed by atoms with Crippen molar-refractivity contribution >= 4 is 17.9 Å². The van der Waals surface area contributed by atoms with Crippen LogP contribution >= 0.6 is 0 Å². The number of fused-ring (bicyclic) bond motifs is 2. The van der Waals surface area contributed by atoms with Gasteiger partial charge < -0.3 is 4.98 Å². The Morgan fingerprint density at radius 2 is 1.97 bits per heavy atom. The summed E-state index contributed by atoms with van der Waals surface area (Å²) >= 11 is 0. The first kappa shape index (κ1) is 21.3. The summed E-state index contributed by atoms with van der Waals surface area (Å²) in [6.45, 7) is 5.01. The first-order valence-electron chi connectivity index (χ1n) is 11.6. The molecule has 2 aliphatic heterocycles. The zero-order valence-electron chi connectivity index (χ0n) is 18.6. The van der Waals surface area contributed by atoms with Gasteiger partial charge in [0.2, 0.25) is 5.92 Å². The van der Waals surface area contributed by atoms with Crippen LogP contribution < -0.4 is 5.84 Å².